The summed E-state index contributed by atoms with van der Waals surface area (Å²) in [5.41, 5.74) is 0. The predicted molar refractivity (Wildman–Crippen MR) is 326 cm³/mol. The fraction of sp³-hybridized carbons (Fsp3) is 0.870. The number of esters is 3. The van der Waals surface area contributed by atoms with E-state index in [1.807, 2.05) is 0 Å². The summed E-state index contributed by atoms with van der Waals surface area (Å²) in [6, 6.07) is 0. The molecule has 440 valence electrons. The molecule has 0 aliphatic rings. The molecule has 0 saturated heterocycles. The Balaban J connectivity index is 4.26. The van der Waals surface area contributed by atoms with Gasteiger partial charge in [-0.3, -0.25) is 14.4 Å². The molecule has 1 atom stereocenters. The zero-order chi connectivity index (χ0) is 54.3. The van der Waals surface area contributed by atoms with E-state index in [1.165, 1.54) is 250 Å². The van der Waals surface area contributed by atoms with Gasteiger partial charge in [0.25, 0.3) is 0 Å². The average molecular weight is 1050 g/mol. The highest BCUT2D eigenvalue weighted by Gasteiger charge is 2.19. The van der Waals surface area contributed by atoms with E-state index in [1.54, 1.807) is 0 Å². The molecule has 0 bridgehead atoms. The predicted octanol–water partition coefficient (Wildman–Crippen LogP) is 22.8. The first-order valence-electron chi connectivity index (χ1n) is 33.5. The van der Waals surface area contributed by atoms with E-state index in [0.29, 0.717) is 19.3 Å². The highest BCUT2D eigenvalue weighted by atomic mass is 16.6. The third-order valence-corrected chi connectivity index (χ3v) is 15.1. The van der Waals surface area contributed by atoms with E-state index in [-0.39, 0.29) is 31.1 Å². The second kappa shape index (κ2) is 64.2. The van der Waals surface area contributed by atoms with Gasteiger partial charge in [-0.2, -0.15) is 0 Å². The number of allylic oxidation sites excluding steroid dienone is 6. The number of hydrogen-bond acceptors (Lipinski definition) is 6. The molecule has 0 radical (unpaired) electrons. The second-order valence-electron chi connectivity index (χ2n) is 22.7. The van der Waals surface area contributed by atoms with Gasteiger partial charge >= 0.3 is 17.9 Å². The Kier molecular flexibility index (Phi) is 62.1. The van der Waals surface area contributed by atoms with Crippen molar-refractivity contribution in [2.45, 2.75) is 374 Å². The van der Waals surface area contributed by atoms with Gasteiger partial charge in [-0.25, -0.2) is 0 Å². The lowest BCUT2D eigenvalue weighted by Crippen LogP contribution is -2.30. The van der Waals surface area contributed by atoms with Gasteiger partial charge in [0.2, 0.25) is 0 Å². The van der Waals surface area contributed by atoms with Crippen molar-refractivity contribution in [3.63, 3.8) is 0 Å². The summed E-state index contributed by atoms with van der Waals surface area (Å²) in [5, 5.41) is 0. The van der Waals surface area contributed by atoms with E-state index < -0.39 is 6.10 Å². The number of ether oxygens (including phenoxy) is 3. The van der Waals surface area contributed by atoms with E-state index in [4.69, 9.17) is 14.2 Å². The molecule has 0 heterocycles. The van der Waals surface area contributed by atoms with Crippen molar-refractivity contribution in [2.75, 3.05) is 13.2 Å². The molecular weight excluding hydrogens is 925 g/mol. The van der Waals surface area contributed by atoms with E-state index in [9.17, 15) is 14.4 Å². The molecule has 0 rings (SSSR count). The van der Waals surface area contributed by atoms with Crippen molar-refractivity contribution < 1.29 is 28.6 Å². The largest absolute Gasteiger partial charge is 0.462 e. The summed E-state index contributed by atoms with van der Waals surface area (Å²) >= 11 is 0. The van der Waals surface area contributed by atoms with E-state index >= 15 is 0 Å². The summed E-state index contributed by atoms with van der Waals surface area (Å²) in [4.78, 5) is 38.3. The molecule has 6 heteroatoms. The van der Waals surface area contributed by atoms with Crippen LogP contribution in [0.4, 0.5) is 0 Å². The molecule has 0 fully saturated rings. The Morgan fingerprint density at radius 3 is 0.773 bits per heavy atom. The Hall–Kier alpha value is -2.37. The van der Waals surface area contributed by atoms with Crippen LogP contribution >= 0.6 is 0 Å². The first-order chi connectivity index (χ1) is 37.0. The molecular formula is C69H128O6. The molecule has 0 aromatic rings. The molecule has 0 saturated carbocycles. The molecule has 0 aromatic carbocycles. The monoisotopic (exact) mass is 1050 g/mol. The van der Waals surface area contributed by atoms with Crippen LogP contribution in [0.25, 0.3) is 0 Å². The van der Waals surface area contributed by atoms with Gasteiger partial charge < -0.3 is 14.2 Å². The summed E-state index contributed by atoms with van der Waals surface area (Å²) in [5.74, 6) is -0.866. The quantitative estimate of drug-likeness (QED) is 0.0261. The van der Waals surface area contributed by atoms with Crippen molar-refractivity contribution in [3.05, 3.63) is 36.5 Å². The number of rotatable bonds is 62. The fourth-order valence-electron chi connectivity index (χ4n) is 10.1. The second-order valence-corrected chi connectivity index (χ2v) is 22.7. The van der Waals surface area contributed by atoms with Gasteiger partial charge in [0.15, 0.2) is 6.10 Å². The van der Waals surface area contributed by atoms with Crippen LogP contribution in [-0.2, 0) is 28.6 Å². The standard InChI is InChI=1S/C69H128O6/c1-4-7-10-13-16-19-22-25-28-30-31-32-33-34-35-36-37-39-41-44-47-50-53-56-59-62-68(71)74-65-66(64-73-67(70)61-58-55-52-49-46-43-40-27-24-21-18-15-12-9-6-3)75-69(72)63-60-57-54-51-48-45-42-38-29-26-23-20-17-14-11-8-5-2/h17,20,26-27,29,40,66H,4-16,18-19,21-25,28,30-39,41-65H2,1-3H3/b20-17-,29-26-,40-27-. The van der Waals surface area contributed by atoms with E-state index in [2.05, 4.69) is 57.2 Å². The number of carbonyl (C=O) groups excluding carboxylic acids is 3. The topological polar surface area (TPSA) is 78.9 Å². The third-order valence-electron chi connectivity index (χ3n) is 15.1. The normalized spacial score (nSPS) is 12.2. The molecule has 0 amide bonds. The molecule has 0 spiro atoms. The molecule has 0 N–H and O–H groups in total. The molecule has 75 heavy (non-hydrogen) atoms. The lowest BCUT2D eigenvalue weighted by molar-refractivity contribution is -0.167. The van der Waals surface area contributed by atoms with Gasteiger partial charge in [0.1, 0.15) is 13.2 Å². The zero-order valence-electron chi connectivity index (χ0n) is 50.6. The first kappa shape index (κ1) is 72.6. The van der Waals surface area contributed by atoms with Crippen molar-refractivity contribution in [3.8, 4) is 0 Å². The maximum Gasteiger partial charge on any atom is 0.306 e. The van der Waals surface area contributed by atoms with Crippen LogP contribution in [0.1, 0.15) is 367 Å². The Morgan fingerprint density at radius 1 is 0.267 bits per heavy atom. The van der Waals surface area contributed by atoms with Gasteiger partial charge in [0.05, 0.1) is 0 Å². The Morgan fingerprint density at radius 2 is 0.480 bits per heavy atom. The van der Waals surface area contributed by atoms with Crippen LogP contribution < -0.4 is 0 Å². The summed E-state index contributed by atoms with van der Waals surface area (Å²) in [7, 11) is 0. The van der Waals surface area contributed by atoms with Crippen LogP contribution in [0.5, 0.6) is 0 Å². The van der Waals surface area contributed by atoms with E-state index in [0.717, 1.165) is 77.0 Å². The van der Waals surface area contributed by atoms with Crippen LogP contribution in [0.15, 0.2) is 36.5 Å². The van der Waals surface area contributed by atoms with Crippen LogP contribution in [-0.4, -0.2) is 37.2 Å². The van der Waals surface area contributed by atoms with Gasteiger partial charge in [-0.05, 0) is 77.0 Å². The highest BCUT2D eigenvalue weighted by molar-refractivity contribution is 5.71. The van der Waals surface area contributed by atoms with Crippen molar-refractivity contribution in [1.29, 1.82) is 0 Å². The Labute approximate surface area is 467 Å². The number of hydrogen-bond donors (Lipinski definition) is 0. The van der Waals surface area contributed by atoms with Gasteiger partial charge in [0, 0.05) is 19.3 Å². The van der Waals surface area contributed by atoms with Crippen LogP contribution in [0.3, 0.4) is 0 Å². The minimum atomic E-state index is -0.778. The molecule has 0 aliphatic heterocycles. The summed E-state index contributed by atoms with van der Waals surface area (Å²) < 4.78 is 16.9. The molecule has 0 aliphatic carbocycles. The maximum absolute atomic E-state index is 12.9. The van der Waals surface area contributed by atoms with Crippen LogP contribution in [0, 0.1) is 0 Å². The van der Waals surface area contributed by atoms with Crippen LogP contribution in [0.2, 0.25) is 0 Å². The molecule has 0 aromatic heterocycles. The minimum Gasteiger partial charge on any atom is -0.462 e. The van der Waals surface area contributed by atoms with Crippen molar-refractivity contribution in [1.82, 2.24) is 0 Å². The summed E-state index contributed by atoms with van der Waals surface area (Å²) in [6.07, 6.45) is 78.7. The highest BCUT2D eigenvalue weighted by Crippen LogP contribution is 2.18. The number of unbranched alkanes of at least 4 members (excludes halogenated alkanes) is 45. The lowest BCUT2D eigenvalue weighted by Gasteiger charge is -2.18. The number of carbonyl (C=O) groups is 3. The third kappa shape index (κ3) is 62.4. The van der Waals surface area contributed by atoms with Gasteiger partial charge in [-0.1, -0.05) is 308 Å². The lowest BCUT2D eigenvalue weighted by atomic mass is 10.0. The minimum absolute atomic E-state index is 0.0738. The smallest absolute Gasteiger partial charge is 0.306 e. The molecule has 1 unspecified atom stereocenters. The fourth-order valence-corrected chi connectivity index (χ4v) is 10.1. The summed E-state index contributed by atoms with van der Waals surface area (Å²) in [6.45, 7) is 6.66. The van der Waals surface area contributed by atoms with Crippen molar-refractivity contribution >= 4 is 17.9 Å². The molecule has 6 nitrogen and oxygen atoms in total. The van der Waals surface area contributed by atoms with Crippen molar-refractivity contribution in [2.24, 2.45) is 0 Å². The Bertz CT molecular complexity index is 1250. The SMILES string of the molecule is CCCCC/C=C\C/C=C\CCCCCCCCCC(=O)OC(COC(=O)CCCCCCC/C=C\CCCCCCCC)COC(=O)CCCCCCCCCCCCCCCCCCCCCCCCCCC. The first-order valence-corrected chi connectivity index (χ1v) is 33.5. The zero-order valence-corrected chi connectivity index (χ0v) is 50.6. The van der Waals surface area contributed by atoms with Gasteiger partial charge in [-0.15, -0.1) is 0 Å². The maximum atomic E-state index is 12.9. The average Bonchev–Trinajstić information content (AvgIpc) is 3.41.